The maximum atomic E-state index is 10.3. The molecule has 0 saturated carbocycles. The van der Waals surface area contributed by atoms with E-state index in [9.17, 15) is 10.1 Å². The third kappa shape index (κ3) is 1.43. The van der Waals surface area contributed by atoms with Crippen LogP contribution in [0.25, 0.3) is 0 Å². The van der Waals surface area contributed by atoms with E-state index in [2.05, 4.69) is 15.9 Å². The minimum absolute atomic E-state index is 0.0162. The van der Waals surface area contributed by atoms with E-state index in [1.165, 1.54) is 19.2 Å². The van der Waals surface area contributed by atoms with E-state index in [1.54, 1.807) is 0 Å². The summed E-state index contributed by atoms with van der Waals surface area (Å²) in [4.78, 5) is 13.2. The van der Waals surface area contributed by atoms with Crippen molar-refractivity contribution >= 4 is 5.69 Å². The minimum atomic E-state index is -0.556. The zero-order chi connectivity index (χ0) is 8.27. The maximum absolute atomic E-state index is 10.3. The molecule has 0 aliphatic carbocycles. The number of ether oxygens (including phenoxy) is 1. The van der Waals surface area contributed by atoms with Gasteiger partial charge in [-0.25, -0.2) is 4.98 Å². The van der Waals surface area contributed by atoms with Crippen LogP contribution in [0.1, 0.15) is 0 Å². The Morgan fingerprint density at radius 1 is 1.82 bits per heavy atom. The Morgan fingerprint density at radius 3 is 3.00 bits per heavy atom. The van der Waals surface area contributed by atoms with Crippen molar-refractivity contribution in [3.8, 4) is 5.88 Å². The van der Waals surface area contributed by atoms with Crippen LogP contribution >= 0.6 is 0 Å². The number of rotatable bonds is 2. The van der Waals surface area contributed by atoms with Gasteiger partial charge in [0, 0.05) is 6.07 Å². The number of nitrogens with zero attached hydrogens (tertiary/aromatic N) is 2. The summed E-state index contributed by atoms with van der Waals surface area (Å²) in [5.74, 6) is -0.0162. The first kappa shape index (κ1) is 7.46. The number of hydrogen-bond acceptors (Lipinski definition) is 4. The molecule has 0 saturated heterocycles. The highest BCUT2D eigenvalue weighted by atomic mass is 16.6. The molecule has 0 aromatic carbocycles. The zero-order valence-corrected chi connectivity index (χ0v) is 5.77. The molecule has 5 nitrogen and oxygen atoms in total. The quantitative estimate of drug-likeness (QED) is 0.465. The van der Waals surface area contributed by atoms with Gasteiger partial charge in [-0.05, 0) is 6.07 Å². The molecule has 0 aliphatic rings. The second kappa shape index (κ2) is 2.96. The Bertz CT molecular complexity index is 274. The van der Waals surface area contributed by atoms with Crippen LogP contribution in [0.15, 0.2) is 12.1 Å². The predicted molar refractivity (Wildman–Crippen MR) is 36.3 cm³/mol. The van der Waals surface area contributed by atoms with Gasteiger partial charge >= 0.3 is 5.69 Å². The standard InChI is InChI=1S/C6H5N2O3/c1-11-6-5(8(9)10)3-2-4-7-6/h2-3H,1H3. The van der Waals surface area contributed by atoms with Crippen molar-refractivity contribution in [1.82, 2.24) is 4.98 Å². The van der Waals surface area contributed by atoms with Crippen LogP contribution in [-0.4, -0.2) is 17.0 Å². The van der Waals surface area contributed by atoms with Crippen molar-refractivity contribution in [2.24, 2.45) is 0 Å². The van der Waals surface area contributed by atoms with E-state index in [1.807, 2.05) is 0 Å². The molecule has 0 aliphatic heterocycles. The second-order valence-corrected chi connectivity index (χ2v) is 1.73. The lowest BCUT2D eigenvalue weighted by molar-refractivity contribution is -0.386. The molecule has 1 heterocycles. The molecular weight excluding hydrogens is 148 g/mol. The van der Waals surface area contributed by atoms with Crippen molar-refractivity contribution in [1.29, 1.82) is 0 Å². The van der Waals surface area contributed by atoms with Crippen LogP contribution in [0.3, 0.4) is 0 Å². The van der Waals surface area contributed by atoms with Crippen molar-refractivity contribution < 1.29 is 9.66 Å². The van der Waals surface area contributed by atoms with Crippen molar-refractivity contribution in [2.45, 2.75) is 0 Å². The van der Waals surface area contributed by atoms with Gasteiger partial charge in [-0.3, -0.25) is 10.1 Å². The fourth-order valence-corrected chi connectivity index (χ4v) is 0.630. The molecule has 57 valence electrons. The average molecular weight is 153 g/mol. The number of methoxy groups -OCH3 is 1. The van der Waals surface area contributed by atoms with E-state index >= 15 is 0 Å². The molecule has 0 fully saturated rings. The third-order valence-electron chi connectivity index (χ3n) is 1.09. The van der Waals surface area contributed by atoms with Crippen LogP contribution in [0.4, 0.5) is 5.69 Å². The van der Waals surface area contributed by atoms with Gasteiger partial charge in [-0.1, -0.05) is 0 Å². The minimum Gasteiger partial charge on any atom is -0.476 e. The summed E-state index contributed by atoms with van der Waals surface area (Å²) >= 11 is 0. The molecule has 1 rings (SSSR count). The fraction of sp³-hybridized carbons (Fsp3) is 0.167. The first-order valence-electron chi connectivity index (χ1n) is 2.81. The van der Waals surface area contributed by atoms with Crippen molar-refractivity contribution in [3.05, 3.63) is 28.4 Å². The largest absolute Gasteiger partial charge is 0.476 e. The summed E-state index contributed by atoms with van der Waals surface area (Å²) in [6, 6.07) is 2.65. The molecule has 1 aromatic rings. The monoisotopic (exact) mass is 153 g/mol. The number of hydrogen-bond donors (Lipinski definition) is 0. The summed E-state index contributed by atoms with van der Waals surface area (Å²) in [5.41, 5.74) is -0.147. The summed E-state index contributed by atoms with van der Waals surface area (Å²) in [7, 11) is 1.32. The molecule has 1 radical (unpaired) electrons. The van der Waals surface area contributed by atoms with Crippen molar-refractivity contribution in [3.63, 3.8) is 0 Å². The lowest BCUT2D eigenvalue weighted by Crippen LogP contribution is -1.94. The van der Waals surface area contributed by atoms with Crippen LogP contribution in [0, 0.1) is 16.3 Å². The highest BCUT2D eigenvalue weighted by molar-refractivity contribution is 5.39. The summed E-state index contributed by atoms with van der Waals surface area (Å²) in [6.07, 6.45) is 2.43. The van der Waals surface area contributed by atoms with Gasteiger partial charge in [0.1, 0.15) is 0 Å². The van der Waals surface area contributed by atoms with Gasteiger partial charge < -0.3 is 4.74 Å². The Labute approximate surface area is 62.8 Å². The van der Waals surface area contributed by atoms with Gasteiger partial charge in [-0.15, -0.1) is 0 Å². The normalized spacial score (nSPS) is 9.18. The third-order valence-corrected chi connectivity index (χ3v) is 1.09. The molecule has 0 amide bonds. The topological polar surface area (TPSA) is 65.3 Å². The highest BCUT2D eigenvalue weighted by Crippen LogP contribution is 2.21. The van der Waals surface area contributed by atoms with Crippen LogP contribution in [0.2, 0.25) is 0 Å². The van der Waals surface area contributed by atoms with Crippen LogP contribution in [0.5, 0.6) is 5.88 Å². The highest BCUT2D eigenvalue weighted by Gasteiger charge is 2.13. The Kier molecular flexibility index (Phi) is 2.00. The van der Waals surface area contributed by atoms with Gasteiger partial charge in [0.25, 0.3) is 5.88 Å². The summed E-state index contributed by atoms with van der Waals surface area (Å²) in [6.45, 7) is 0. The van der Waals surface area contributed by atoms with Gasteiger partial charge in [0.05, 0.1) is 18.2 Å². The zero-order valence-electron chi connectivity index (χ0n) is 5.77. The molecule has 0 N–H and O–H groups in total. The van der Waals surface area contributed by atoms with Gasteiger partial charge in [0.15, 0.2) is 0 Å². The molecule has 0 spiro atoms. The molecule has 1 aromatic heterocycles. The van der Waals surface area contributed by atoms with E-state index in [4.69, 9.17) is 0 Å². The Hall–Kier alpha value is -1.65. The van der Waals surface area contributed by atoms with Crippen molar-refractivity contribution in [2.75, 3.05) is 7.11 Å². The first-order valence-corrected chi connectivity index (χ1v) is 2.81. The van der Waals surface area contributed by atoms with E-state index in [0.29, 0.717) is 0 Å². The molecular formula is C6H5N2O3. The molecule has 11 heavy (non-hydrogen) atoms. The lowest BCUT2D eigenvalue weighted by atomic mass is 10.4. The van der Waals surface area contributed by atoms with Crippen LogP contribution in [-0.2, 0) is 0 Å². The predicted octanol–water partition coefficient (Wildman–Crippen LogP) is 0.799. The van der Waals surface area contributed by atoms with E-state index in [0.717, 1.165) is 0 Å². The number of nitro groups is 1. The maximum Gasteiger partial charge on any atom is 0.330 e. The molecule has 0 unspecified atom stereocenters. The van der Waals surface area contributed by atoms with Gasteiger partial charge in [-0.2, -0.15) is 0 Å². The number of aromatic nitrogens is 1. The van der Waals surface area contributed by atoms with Crippen LogP contribution < -0.4 is 4.74 Å². The Balaban J connectivity index is 3.12. The number of pyridine rings is 1. The van der Waals surface area contributed by atoms with E-state index in [-0.39, 0.29) is 11.6 Å². The average Bonchev–Trinajstić information content (AvgIpc) is 2.04. The molecule has 5 heteroatoms. The fourth-order valence-electron chi connectivity index (χ4n) is 0.630. The SMILES string of the molecule is COc1n[c]ccc1[N+](=O)[O-]. The molecule has 0 atom stereocenters. The van der Waals surface area contributed by atoms with E-state index < -0.39 is 4.92 Å². The smallest absolute Gasteiger partial charge is 0.330 e. The summed E-state index contributed by atoms with van der Waals surface area (Å²) < 4.78 is 4.62. The lowest BCUT2D eigenvalue weighted by Gasteiger charge is -1.96. The Morgan fingerprint density at radius 2 is 2.55 bits per heavy atom. The first-order chi connectivity index (χ1) is 5.25. The van der Waals surface area contributed by atoms with Gasteiger partial charge in [0.2, 0.25) is 0 Å². The summed E-state index contributed by atoms with van der Waals surface area (Å²) in [5, 5.41) is 10.3. The molecule has 0 bridgehead atoms. The second-order valence-electron chi connectivity index (χ2n) is 1.73.